The number of carboxylic acid groups (broad SMARTS) is 1. The van der Waals surface area contributed by atoms with Crippen molar-refractivity contribution in [1.82, 2.24) is 9.78 Å². The summed E-state index contributed by atoms with van der Waals surface area (Å²) in [6.45, 7) is 2.24. The van der Waals surface area contributed by atoms with Gasteiger partial charge in [0.1, 0.15) is 5.82 Å². The minimum absolute atomic E-state index is 0.00441. The Hall–Kier alpha value is -2.17. The summed E-state index contributed by atoms with van der Waals surface area (Å²) in [5.74, 6) is -1.34. The predicted octanol–water partition coefficient (Wildman–Crippen LogP) is 2.08. The number of carboxylic acids is 1. The van der Waals surface area contributed by atoms with E-state index in [0.29, 0.717) is 6.54 Å². The Balaban J connectivity index is 2.22. The van der Waals surface area contributed by atoms with Crippen LogP contribution in [0.15, 0.2) is 30.5 Å². The van der Waals surface area contributed by atoms with E-state index in [1.165, 1.54) is 22.9 Å². The molecule has 5 heteroatoms. The quantitative estimate of drug-likeness (QED) is 0.884. The molecule has 2 aromatic rings. The van der Waals surface area contributed by atoms with Crippen molar-refractivity contribution in [3.8, 4) is 0 Å². The van der Waals surface area contributed by atoms with E-state index in [4.69, 9.17) is 5.11 Å². The van der Waals surface area contributed by atoms with Crippen molar-refractivity contribution in [2.45, 2.75) is 13.5 Å². The zero-order valence-corrected chi connectivity index (χ0v) is 9.22. The van der Waals surface area contributed by atoms with Crippen molar-refractivity contribution in [1.29, 1.82) is 0 Å². The lowest BCUT2D eigenvalue weighted by atomic mass is 10.1. The smallest absolute Gasteiger partial charge is 0.356 e. The molecule has 1 aromatic carbocycles. The number of nitrogens with zero attached hydrogens (tertiary/aromatic N) is 2. The van der Waals surface area contributed by atoms with Crippen molar-refractivity contribution in [2.75, 3.05) is 0 Å². The number of rotatable bonds is 3. The molecule has 0 atom stereocenters. The Morgan fingerprint density at radius 1 is 1.47 bits per heavy atom. The molecule has 1 N–H and O–H groups in total. The van der Waals surface area contributed by atoms with Crippen molar-refractivity contribution in [3.05, 3.63) is 53.1 Å². The summed E-state index contributed by atoms with van der Waals surface area (Å²) >= 11 is 0. The Bertz CT molecular complexity index is 563. The molecule has 1 heterocycles. The molecule has 4 nitrogen and oxygen atoms in total. The maximum Gasteiger partial charge on any atom is 0.356 e. The van der Waals surface area contributed by atoms with Gasteiger partial charge >= 0.3 is 5.97 Å². The van der Waals surface area contributed by atoms with Gasteiger partial charge in [0.05, 0.1) is 6.54 Å². The SMILES string of the molecule is Cc1cc(F)ccc1Cn1ccc(C(=O)O)n1. The van der Waals surface area contributed by atoms with Crippen LogP contribution in [0.5, 0.6) is 0 Å². The Morgan fingerprint density at radius 2 is 2.24 bits per heavy atom. The normalized spacial score (nSPS) is 10.5. The maximum absolute atomic E-state index is 12.9. The highest BCUT2D eigenvalue weighted by atomic mass is 19.1. The monoisotopic (exact) mass is 234 g/mol. The van der Waals surface area contributed by atoms with Gasteiger partial charge in [-0.25, -0.2) is 9.18 Å². The molecule has 0 saturated heterocycles. The topological polar surface area (TPSA) is 55.1 Å². The standard InChI is InChI=1S/C12H11FN2O2/c1-8-6-10(13)3-2-9(8)7-15-5-4-11(14-15)12(16)17/h2-6H,7H2,1H3,(H,16,17). The van der Waals surface area contributed by atoms with Gasteiger partial charge in [0.2, 0.25) is 0 Å². The summed E-state index contributed by atoms with van der Waals surface area (Å²) in [5.41, 5.74) is 1.73. The molecule has 1 aromatic heterocycles. The first-order valence-electron chi connectivity index (χ1n) is 5.08. The number of hydrogen-bond donors (Lipinski definition) is 1. The van der Waals surface area contributed by atoms with Crippen LogP contribution in [0.1, 0.15) is 21.6 Å². The minimum Gasteiger partial charge on any atom is -0.476 e. The third-order valence-corrected chi connectivity index (χ3v) is 2.50. The first kappa shape index (κ1) is 11.3. The Kier molecular flexibility index (Phi) is 2.91. The third-order valence-electron chi connectivity index (χ3n) is 2.50. The second-order valence-corrected chi connectivity index (χ2v) is 3.77. The average Bonchev–Trinajstić information content (AvgIpc) is 2.71. The molecular weight excluding hydrogens is 223 g/mol. The highest BCUT2D eigenvalue weighted by Crippen LogP contribution is 2.11. The number of hydrogen-bond acceptors (Lipinski definition) is 2. The minimum atomic E-state index is -1.06. The van der Waals surface area contributed by atoms with Gasteiger partial charge in [-0.05, 0) is 36.2 Å². The molecule has 0 spiro atoms. The largest absolute Gasteiger partial charge is 0.476 e. The van der Waals surface area contributed by atoms with Gasteiger partial charge in [-0.2, -0.15) is 5.10 Å². The molecule has 0 aliphatic heterocycles. The van der Waals surface area contributed by atoms with Gasteiger partial charge in [-0.1, -0.05) is 6.07 Å². The number of aromatic carboxylic acids is 1. The molecule has 0 aliphatic carbocycles. The second-order valence-electron chi connectivity index (χ2n) is 3.77. The lowest BCUT2D eigenvalue weighted by molar-refractivity contribution is 0.0689. The van der Waals surface area contributed by atoms with Gasteiger partial charge < -0.3 is 5.11 Å². The van der Waals surface area contributed by atoms with Crippen LogP contribution in [0.4, 0.5) is 4.39 Å². The first-order chi connectivity index (χ1) is 8.06. The fourth-order valence-electron chi connectivity index (χ4n) is 1.58. The number of benzene rings is 1. The maximum atomic E-state index is 12.9. The van der Waals surface area contributed by atoms with Gasteiger partial charge in [0, 0.05) is 6.20 Å². The van der Waals surface area contributed by atoms with Crippen LogP contribution in [0.25, 0.3) is 0 Å². The van der Waals surface area contributed by atoms with Gasteiger partial charge in [0.15, 0.2) is 5.69 Å². The van der Waals surface area contributed by atoms with E-state index in [1.54, 1.807) is 19.2 Å². The summed E-state index contributed by atoms with van der Waals surface area (Å²) in [7, 11) is 0. The van der Waals surface area contributed by atoms with Gasteiger partial charge in [0.25, 0.3) is 0 Å². The van der Waals surface area contributed by atoms with Crippen molar-refractivity contribution >= 4 is 5.97 Å². The van der Waals surface area contributed by atoms with Crippen LogP contribution in [-0.2, 0) is 6.54 Å². The highest BCUT2D eigenvalue weighted by molar-refractivity contribution is 5.85. The molecule has 0 saturated carbocycles. The zero-order valence-electron chi connectivity index (χ0n) is 9.22. The fraction of sp³-hybridized carbons (Fsp3) is 0.167. The molecule has 0 fully saturated rings. The molecule has 0 amide bonds. The molecular formula is C12H11FN2O2. The summed E-state index contributed by atoms with van der Waals surface area (Å²) in [4.78, 5) is 10.7. The number of halogens is 1. The summed E-state index contributed by atoms with van der Waals surface area (Å²) in [5, 5.41) is 12.6. The molecule has 88 valence electrons. The number of carbonyl (C=O) groups is 1. The van der Waals surface area contributed by atoms with E-state index in [9.17, 15) is 9.18 Å². The van der Waals surface area contributed by atoms with E-state index in [1.807, 2.05) is 0 Å². The second kappa shape index (κ2) is 4.37. The molecule has 0 unspecified atom stereocenters. The fourth-order valence-corrected chi connectivity index (χ4v) is 1.58. The van der Waals surface area contributed by atoms with Crippen LogP contribution in [0, 0.1) is 12.7 Å². The van der Waals surface area contributed by atoms with Crippen molar-refractivity contribution in [3.63, 3.8) is 0 Å². The molecule has 0 aliphatic rings. The molecule has 0 radical (unpaired) electrons. The lowest BCUT2D eigenvalue weighted by Gasteiger charge is -2.05. The summed E-state index contributed by atoms with van der Waals surface area (Å²) < 4.78 is 14.4. The lowest BCUT2D eigenvalue weighted by Crippen LogP contribution is -2.05. The number of aryl methyl sites for hydroxylation is 1. The zero-order chi connectivity index (χ0) is 12.4. The Labute approximate surface area is 97.3 Å². The van der Waals surface area contributed by atoms with E-state index < -0.39 is 5.97 Å². The Morgan fingerprint density at radius 3 is 2.82 bits per heavy atom. The predicted molar refractivity (Wildman–Crippen MR) is 59.4 cm³/mol. The molecule has 0 bridgehead atoms. The van der Waals surface area contributed by atoms with E-state index >= 15 is 0 Å². The third kappa shape index (κ3) is 2.50. The summed E-state index contributed by atoms with van der Waals surface area (Å²) in [6, 6.07) is 5.93. The summed E-state index contributed by atoms with van der Waals surface area (Å²) in [6.07, 6.45) is 1.59. The molecule has 17 heavy (non-hydrogen) atoms. The van der Waals surface area contributed by atoms with E-state index in [2.05, 4.69) is 5.10 Å². The highest BCUT2D eigenvalue weighted by Gasteiger charge is 2.07. The van der Waals surface area contributed by atoms with Crippen LogP contribution in [0.2, 0.25) is 0 Å². The molecule has 2 rings (SSSR count). The van der Waals surface area contributed by atoms with Crippen LogP contribution >= 0.6 is 0 Å². The van der Waals surface area contributed by atoms with Crippen LogP contribution in [-0.4, -0.2) is 20.9 Å². The first-order valence-corrected chi connectivity index (χ1v) is 5.08. The van der Waals surface area contributed by atoms with Gasteiger partial charge in [-0.3, -0.25) is 4.68 Å². The van der Waals surface area contributed by atoms with Crippen molar-refractivity contribution in [2.24, 2.45) is 0 Å². The van der Waals surface area contributed by atoms with Crippen LogP contribution in [0.3, 0.4) is 0 Å². The van der Waals surface area contributed by atoms with Gasteiger partial charge in [-0.15, -0.1) is 0 Å². The average molecular weight is 234 g/mol. The number of aromatic nitrogens is 2. The van der Waals surface area contributed by atoms with E-state index in [0.717, 1.165) is 11.1 Å². The van der Waals surface area contributed by atoms with Crippen molar-refractivity contribution < 1.29 is 14.3 Å². The van der Waals surface area contributed by atoms with E-state index in [-0.39, 0.29) is 11.5 Å². The van der Waals surface area contributed by atoms with Crippen LogP contribution < -0.4 is 0 Å².